The summed E-state index contributed by atoms with van der Waals surface area (Å²) >= 11 is 0. The average Bonchev–Trinajstić information content (AvgIpc) is 2.87. The number of amides is 2. The van der Waals surface area contributed by atoms with Gasteiger partial charge in [-0.25, -0.2) is 9.37 Å². The van der Waals surface area contributed by atoms with Gasteiger partial charge in [-0.05, 0) is 43.3 Å². The molecule has 0 spiro atoms. The molecule has 2 aromatic rings. The normalized spacial score (nSPS) is 21.8. The summed E-state index contributed by atoms with van der Waals surface area (Å²) in [6.07, 6.45) is -0.472. The Balaban J connectivity index is 1.13. The van der Waals surface area contributed by atoms with Crippen molar-refractivity contribution in [2.75, 3.05) is 49.6 Å². The van der Waals surface area contributed by atoms with Gasteiger partial charge in [-0.1, -0.05) is 0 Å². The molecule has 3 aliphatic rings. The molecule has 3 aliphatic heterocycles. The minimum absolute atomic E-state index is 0.0263. The quantitative estimate of drug-likeness (QED) is 0.633. The maximum atomic E-state index is 15.0. The third kappa shape index (κ3) is 5.03. The maximum absolute atomic E-state index is 15.0. The molecule has 0 radical (unpaired) electrons. The average molecular weight is 481 g/mol. The van der Waals surface area contributed by atoms with Gasteiger partial charge in [0, 0.05) is 32.2 Å². The summed E-state index contributed by atoms with van der Waals surface area (Å²) in [7, 11) is 0. The van der Waals surface area contributed by atoms with Gasteiger partial charge in [0.15, 0.2) is 24.8 Å². The fourth-order valence-corrected chi connectivity index (χ4v) is 4.50. The van der Waals surface area contributed by atoms with Crippen LogP contribution in [0, 0.1) is 11.3 Å². The van der Waals surface area contributed by atoms with Gasteiger partial charge in [0.1, 0.15) is 11.9 Å². The zero-order valence-electron chi connectivity index (χ0n) is 19.0. The number of rotatable bonds is 6. The number of carbonyl (C=O) groups excluding carboxylic acids is 2. The number of ether oxygens (including phenoxy) is 2. The molecule has 1 aromatic carbocycles. The first-order chi connectivity index (χ1) is 17.0. The molecule has 10 nitrogen and oxygen atoms in total. The van der Waals surface area contributed by atoms with Gasteiger partial charge >= 0.3 is 0 Å². The number of alkyl halides is 1. The number of nitrogens with one attached hydrogen (secondary N) is 2. The Morgan fingerprint density at radius 1 is 1.17 bits per heavy atom. The molecule has 2 N–H and O–H groups in total. The highest BCUT2D eigenvalue weighted by Crippen LogP contribution is 2.33. The third-order valence-corrected chi connectivity index (χ3v) is 6.37. The molecule has 0 aliphatic carbocycles. The van der Waals surface area contributed by atoms with E-state index in [0.29, 0.717) is 66.9 Å². The Morgan fingerprint density at radius 2 is 2.00 bits per heavy atom. The number of benzene rings is 1. The highest BCUT2D eigenvalue weighted by molar-refractivity contribution is 5.98. The van der Waals surface area contributed by atoms with Gasteiger partial charge in [-0.3, -0.25) is 14.5 Å². The van der Waals surface area contributed by atoms with Crippen molar-refractivity contribution < 1.29 is 23.5 Å². The van der Waals surface area contributed by atoms with E-state index in [1.807, 2.05) is 4.90 Å². The van der Waals surface area contributed by atoms with Crippen LogP contribution >= 0.6 is 0 Å². The SMILES string of the molecule is N#Cc1ccc2c(c1)N(CCN1CCC(NCc3ccc4c(n3)NC(=O)CO4)C(F)C1)C(=O)CO2. The first kappa shape index (κ1) is 23.0. The smallest absolute Gasteiger partial charge is 0.265 e. The number of aromatic nitrogens is 1. The van der Waals surface area contributed by atoms with Crippen LogP contribution in [-0.2, 0) is 16.1 Å². The minimum Gasteiger partial charge on any atom is -0.482 e. The standard InChI is InChI=1S/C24H25FN6O4/c25-17-12-30(7-8-31-19-9-15(10-26)1-3-20(19)35-14-23(31)33)6-5-18(17)27-11-16-2-4-21-24(28-16)29-22(32)13-34-21/h1-4,9,17-18,27H,5-8,11-14H2,(H,28,29,32). The van der Waals surface area contributed by atoms with Gasteiger partial charge in [0.2, 0.25) is 0 Å². The molecule has 35 heavy (non-hydrogen) atoms. The predicted octanol–water partition coefficient (Wildman–Crippen LogP) is 1.21. The first-order valence-electron chi connectivity index (χ1n) is 11.5. The van der Waals surface area contributed by atoms with Crippen molar-refractivity contribution in [2.24, 2.45) is 0 Å². The molecule has 182 valence electrons. The van der Waals surface area contributed by atoms with Crippen LogP contribution in [0.3, 0.4) is 0 Å². The lowest BCUT2D eigenvalue weighted by molar-refractivity contribution is -0.121. The molecule has 4 heterocycles. The molecule has 2 atom stereocenters. The van der Waals surface area contributed by atoms with Crippen LogP contribution in [0.5, 0.6) is 11.5 Å². The zero-order chi connectivity index (χ0) is 24.4. The topological polar surface area (TPSA) is 120 Å². The number of fused-ring (bicyclic) bond motifs is 2. The Kier molecular flexibility index (Phi) is 6.48. The van der Waals surface area contributed by atoms with Crippen molar-refractivity contribution in [1.29, 1.82) is 5.26 Å². The van der Waals surface area contributed by atoms with Gasteiger partial charge in [0.05, 0.1) is 23.0 Å². The molecule has 5 rings (SSSR count). The van der Waals surface area contributed by atoms with E-state index in [9.17, 15) is 19.2 Å². The number of nitriles is 1. The monoisotopic (exact) mass is 480 g/mol. The van der Waals surface area contributed by atoms with Crippen LogP contribution in [0.2, 0.25) is 0 Å². The number of hydrogen-bond donors (Lipinski definition) is 2. The molecule has 0 saturated carbocycles. The maximum Gasteiger partial charge on any atom is 0.265 e. The fraction of sp³-hybridized carbons (Fsp3) is 0.417. The second-order valence-electron chi connectivity index (χ2n) is 8.71. The van der Waals surface area contributed by atoms with E-state index in [2.05, 4.69) is 21.7 Å². The highest BCUT2D eigenvalue weighted by Gasteiger charge is 2.31. The number of halogens is 1. The van der Waals surface area contributed by atoms with Crippen LogP contribution in [-0.4, -0.2) is 73.3 Å². The minimum atomic E-state index is -1.08. The second-order valence-corrected chi connectivity index (χ2v) is 8.71. The van der Waals surface area contributed by atoms with Crippen molar-refractivity contribution in [1.82, 2.24) is 15.2 Å². The van der Waals surface area contributed by atoms with Crippen molar-refractivity contribution in [3.63, 3.8) is 0 Å². The summed E-state index contributed by atoms with van der Waals surface area (Å²) in [5.41, 5.74) is 1.71. The largest absolute Gasteiger partial charge is 0.482 e. The Morgan fingerprint density at radius 3 is 2.83 bits per heavy atom. The van der Waals surface area contributed by atoms with Gasteiger partial charge in [-0.15, -0.1) is 0 Å². The van der Waals surface area contributed by atoms with Gasteiger partial charge in [0.25, 0.3) is 11.8 Å². The number of likely N-dealkylation sites (tertiary alicyclic amines) is 1. The molecule has 2 amide bonds. The summed E-state index contributed by atoms with van der Waals surface area (Å²) in [6.45, 7) is 2.13. The van der Waals surface area contributed by atoms with Crippen molar-refractivity contribution in [2.45, 2.75) is 25.2 Å². The van der Waals surface area contributed by atoms with E-state index in [4.69, 9.17) is 9.47 Å². The molecule has 1 fully saturated rings. The van der Waals surface area contributed by atoms with Crippen LogP contribution < -0.4 is 25.0 Å². The number of hydrogen-bond acceptors (Lipinski definition) is 8. The number of carbonyl (C=O) groups is 2. The van der Waals surface area contributed by atoms with E-state index >= 15 is 0 Å². The number of nitrogens with zero attached hydrogens (tertiary/aromatic N) is 4. The molecular weight excluding hydrogens is 455 g/mol. The lowest BCUT2D eigenvalue weighted by Gasteiger charge is -2.37. The third-order valence-electron chi connectivity index (χ3n) is 6.37. The van der Waals surface area contributed by atoms with E-state index in [0.717, 1.165) is 0 Å². The van der Waals surface area contributed by atoms with E-state index in [1.54, 1.807) is 35.2 Å². The van der Waals surface area contributed by atoms with E-state index < -0.39 is 6.17 Å². The van der Waals surface area contributed by atoms with E-state index in [1.165, 1.54) is 0 Å². The lowest BCUT2D eigenvalue weighted by Crippen LogP contribution is -2.52. The van der Waals surface area contributed by atoms with Gasteiger partial charge < -0.3 is 25.0 Å². The van der Waals surface area contributed by atoms with Crippen LogP contribution in [0.1, 0.15) is 17.7 Å². The van der Waals surface area contributed by atoms with Crippen molar-refractivity contribution >= 4 is 23.3 Å². The molecule has 11 heteroatoms. The predicted molar refractivity (Wildman–Crippen MR) is 124 cm³/mol. The highest BCUT2D eigenvalue weighted by atomic mass is 19.1. The summed E-state index contributed by atoms with van der Waals surface area (Å²) in [6, 6.07) is 10.3. The summed E-state index contributed by atoms with van der Waals surface area (Å²) in [4.78, 5) is 31.9. The lowest BCUT2D eigenvalue weighted by atomic mass is 10.0. The molecule has 1 saturated heterocycles. The molecule has 0 bridgehead atoms. The Hall–Kier alpha value is -3.75. The fourth-order valence-electron chi connectivity index (χ4n) is 4.50. The van der Waals surface area contributed by atoms with Crippen LogP contribution in [0.25, 0.3) is 0 Å². The van der Waals surface area contributed by atoms with Crippen molar-refractivity contribution in [3.8, 4) is 17.6 Å². The number of piperidine rings is 1. The number of anilines is 2. The zero-order valence-corrected chi connectivity index (χ0v) is 19.0. The molecule has 1 aromatic heterocycles. The summed E-state index contributed by atoms with van der Waals surface area (Å²) in [5.74, 6) is 1.04. The summed E-state index contributed by atoms with van der Waals surface area (Å²) in [5, 5.41) is 15.1. The van der Waals surface area contributed by atoms with Gasteiger partial charge in [-0.2, -0.15) is 5.26 Å². The Labute approximate surface area is 201 Å². The van der Waals surface area contributed by atoms with E-state index in [-0.39, 0.29) is 37.6 Å². The molecule has 2 unspecified atom stereocenters. The first-order valence-corrected chi connectivity index (χ1v) is 11.5. The second kappa shape index (κ2) is 9.85. The van der Waals surface area contributed by atoms with Crippen molar-refractivity contribution in [3.05, 3.63) is 41.6 Å². The number of pyridine rings is 1. The van der Waals surface area contributed by atoms with Crippen LogP contribution in [0.4, 0.5) is 15.9 Å². The Bertz CT molecular complexity index is 1190. The molecular formula is C24H25FN6O4. The summed E-state index contributed by atoms with van der Waals surface area (Å²) < 4.78 is 25.8. The van der Waals surface area contributed by atoms with Crippen LogP contribution in [0.15, 0.2) is 30.3 Å².